The van der Waals surface area contributed by atoms with Gasteiger partial charge in [-0.2, -0.15) is 4.98 Å². The Labute approximate surface area is 198 Å². The van der Waals surface area contributed by atoms with Crippen molar-refractivity contribution in [3.05, 3.63) is 64.6 Å². The molecule has 1 saturated heterocycles. The van der Waals surface area contributed by atoms with E-state index in [2.05, 4.69) is 29.2 Å². The molecule has 0 saturated carbocycles. The Kier molecular flexibility index (Phi) is 5.86. The highest BCUT2D eigenvalue weighted by Crippen LogP contribution is 2.37. The van der Waals surface area contributed by atoms with E-state index in [9.17, 15) is 5.11 Å². The maximum atomic E-state index is 11.0. The van der Waals surface area contributed by atoms with Crippen LogP contribution in [-0.2, 0) is 0 Å². The zero-order valence-electron chi connectivity index (χ0n) is 19.0. The molecule has 2 atom stereocenters. The highest BCUT2D eigenvalue weighted by molar-refractivity contribution is 6.30. The van der Waals surface area contributed by atoms with Gasteiger partial charge in [-0.25, -0.2) is 0 Å². The van der Waals surface area contributed by atoms with E-state index in [0.29, 0.717) is 16.7 Å². The summed E-state index contributed by atoms with van der Waals surface area (Å²) < 4.78 is 7.52. The molecule has 2 aromatic carbocycles. The van der Waals surface area contributed by atoms with E-state index < -0.39 is 0 Å². The van der Waals surface area contributed by atoms with E-state index >= 15 is 0 Å². The smallest absolute Gasteiger partial charge is 0.244 e. The zero-order chi connectivity index (χ0) is 23.1. The van der Waals surface area contributed by atoms with Crippen LogP contribution in [0.25, 0.3) is 22.2 Å². The van der Waals surface area contributed by atoms with E-state index in [1.54, 1.807) is 0 Å². The van der Waals surface area contributed by atoms with E-state index in [0.717, 1.165) is 53.6 Å². The molecule has 0 bridgehead atoms. The first-order valence-electron chi connectivity index (χ1n) is 11.3. The van der Waals surface area contributed by atoms with Gasteiger partial charge in [0.25, 0.3) is 0 Å². The highest BCUT2D eigenvalue weighted by Gasteiger charge is 2.24. The van der Waals surface area contributed by atoms with Crippen molar-refractivity contribution in [3.63, 3.8) is 0 Å². The summed E-state index contributed by atoms with van der Waals surface area (Å²) >= 11 is 6.04. The SMILES string of the molecule is Cc1cc(-c2noc(C(C)N3CCNCC3)n2)cc2cn([C@@H](C)c3ccc(Cl)cc3)c(O)c12. The molecular weight excluding hydrogens is 438 g/mol. The second kappa shape index (κ2) is 8.82. The zero-order valence-corrected chi connectivity index (χ0v) is 19.8. The second-order valence-electron chi connectivity index (χ2n) is 8.76. The molecular formula is C25H28ClN5O2. The number of benzene rings is 2. The van der Waals surface area contributed by atoms with Gasteiger partial charge in [-0.3, -0.25) is 4.90 Å². The lowest BCUT2D eigenvalue weighted by molar-refractivity contribution is 0.154. The van der Waals surface area contributed by atoms with Gasteiger partial charge in [-0.1, -0.05) is 28.9 Å². The maximum absolute atomic E-state index is 11.0. The lowest BCUT2D eigenvalue weighted by Crippen LogP contribution is -2.44. The molecule has 2 aromatic heterocycles. The molecule has 8 heteroatoms. The number of piperazine rings is 1. The van der Waals surface area contributed by atoms with Gasteiger partial charge in [0.15, 0.2) is 5.88 Å². The Bertz CT molecular complexity index is 1270. The molecule has 5 rings (SSSR count). The van der Waals surface area contributed by atoms with E-state index in [-0.39, 0.29) is 18.0 Å². The largest absolute Gasteiger partial charge is 0.494 e. The average Bonchev–Trinajstić information content (AvgIpc) is 3.44. The number of aromatic nitrogens is 3. The summed E-state index contributed by atoms with van der Waals surface area (Å²) in [5.41, 5.74) is 2.90. The van der Waals surface area contributed by atoms with Crippen LogP contribution in [0.3, 0.4) is 0 Å². The Morgan fingerprint density at radius 1 is 1.09 bits per heavy atom. The summed E-state index contributed by atoms with van der Waals surface area (Å²) in [4.78, 5) is 7.05. The predicted octanol–water partition coefficient (Wildman–Crippen LogP) is 4.93. The van der Waals surface area contributed by atoms with Crippen LogP contribution in [0.2, 0.25) is 5.02 Å². The number of nitrogens with zero attached hydrogens (tertiary/aromatic N) is 4. The van der Waals surface area contributed by atoms with E-state index in [1.807, 2.05) is 54.1 Å². The quantitative estimate of drug-likeness (QED) is 0.435. The number of aromatic hydroxyl groups is 1. The first-order chi connectivity index (χ1) is 15.9. The van der Waals surface area contributed by atoms with E-state index in [1.165, 1.54) is 0 Å². The Hall–Kier alpha value is -2.87. The Morgan fingerprint density at radius 3 is 2.55 bits per heavy atom. The van der Waals surface area contributed by atoms with Crippen LogP contribution in [-0.4, -0.2) is 50.9 Å². The van der Waals surface area contributed by atoms with Gasteiger partial charge in [0.05, 0.1) is 12.1 Å². The molecule has 1 unspecified atom stereocenters. The van der Waals surface area contributed by atoms with Gasteiger partial charge in [0.1, 0.15) is 0 Å². The summed E-state index contributed by atoms with van der Waals surface area (Å²) in [5, 5.41) is 21.1. The van der Waals surface area contributed by atoms with Crippen LogP contribution in [0.4, 0.5) is 0 Å². The third-order valence-electron chi connectivity index (χ3n) is 6.64. The lowest BCUT2D eigenvalue weighted by Gasteiger charge is -2.30. The van der Waals surface area contributed by atoms with Gasteiger partial charge < -0.3 is 19.5 Å². The number of fused-ring (bicyclic) bond motifs is 1. The normalized spacial score (nSPS) is 16.8. The van der Waals surface area contributed by atoms with Crippen molar-refractivity contribution < 1.29 is 9.63 Å². The van der Waals surface area contributed by atoms with Gasteiger partial charge in [-0.15, -0.1) is 0 Å². The van der Waals surface area contributed by atoms with Gasteiger partial charge in [-0.05, 0) is 56.2 Å². The van der Waals surface area contributed by atoms with E-state index in [4.69, 9.17) is 21.1 Å². The first-order valence-corrected chi connectivity index (χ1v) is 11.7. The molecule has 7 nitrogen and oxygen atoms in total. The van der Waals surface area contributed by atoms with Crippen LogP contribution < -0.4 is 5.32 Å². The Balaban J connectivity index is 1.47. The molecule has 0 spiro atoms. The third kappa shape index (κ3) is 4.12. The molecule has 0 amide bonds. The molecule has 0 radical (unpaired) electrons. The summed E-state index contributed by atoms with van der Waals surface area (Å²) in [5.74, 6) is 1.44. The maximum Gasteiger partial charge on any atom is 0.244 e. The standard InChI is InChI=1S/C25H28ClN5O2/c1-15-12-19(23-28-24(33-29-23)17(3)30-10-8-27-9-11-30)13-20-14-31(25(32)22(15)20)16(2)18-4-6-21(26)7-5-18/h4-7,12-14,16-17,27,32H,8-11H2,1-3H3/t16-,17?/m0/s1. The summed E-state index contributed by atoms with van der Waals surface area (Å²) in [6, 6.07) is 11.7. The van der Waals surface area contributed by atoms with Crippen LogP contribution in [0.1, 0.15) is 42.9 Å². The summed E-state index contributed by atoms with van der Waals surface area (Å²) in [6.45, 7) is 10.0. The molecule has 1 aliphatic heterocycles. The molecule has 33 heavy (non-hydrogen) atoms. The fourth-order valence-corrected chi connectivity index (χ4v) is 4.76. The topological polar surface area (TPSA) is 79.4 Å². The minimum Gasteiger partial charge on any atom is -0.494 e. The lowest BCUT2D eigenvalue weighted by atomic mass is 10.0. The van der Waals surface area contributed by atoms with Crippen molar-refractivity contribution in [3.8, 4) is 17.3 Å². The van der Waals surface area contributed by atoms with Crippen molar-refractivity contribution >= 4 is 22.4 Å². The van der Waals surface area contributed by atoms with Gasteiger partial charge in [0, 0.05) is 53.7 Å². The first kappa shape index (κ1) is 21.9. The second-order valence-corrected chi connectivity index (χ2v) is 9.20. The fraction of sp³-hybridized carbons (Fsp3) is 0.360. The molecule has 1 aliphatic rings. The molecule has 4 aromatic rings. The number of rotatable bonds is 5. The minimum atomic E-state index is -0.0471. The predicted molar refractivity (Wildman–Crippen MR) is 130 cm³/mol. The average molecular weight is 466 g/mol. The van der Waals surface area contributed by atoms with Crippen molar-refractivity contribution in [2.75, 3.05) is 26.2 Å². The summed E-state index contributed by atoms with van der Waals surface area (Å²) in [7, 11) is 0. The minimum absolute atomic E-state index is 0.0471. The Morgan fingerprint density at radius 2 is 1.82 bits per heavy atom. The van der Waals surface area contributed by atoms with Crippen LogP contribution in [0, 0.1) is 6.92 Å². The monoisotopic (exact) mass is 465 g/mol. The highest BCUT2D eigenvalue weighted by atomic mass is 35.5. The number of hydrogen-bond donors (Lipinski definition) is 2. The van der Waals surface area contributed by atoms with Crippen molar-refractivity contribution in [1.29, 1.82) is 0 Å². The van der Waals surface area contributed by atoms with Gasteiger partial charge in [0.2, 0.25) is 11.7 Å². The number of halogens is 1. The van der Waals surface area contributed by atoms with Crippen LogP contribution in [0.5, 0.6) is 5.88 Å². The van der Waals surface area contributed by atoms with Gasteiger partial charge >= 0.3 is 0 Å². The van der Waals surface area contributed by atoms with Crippen LogP contribution >= 0.6 is 11.6 Å². The molecule has 0 aliphatic carbocycles. The van der Waals surface area contributed by atoms with Crippen LogP contribution in [0.15, 0.2) is 47.1 Å². The molecule has 3 heterocycles. The van der Waals surface area contributed by atoms with Crippen molar-refractivity contribution in [1.82, 2.24) is 24.9 Å². The van der Waals surface area contributed by atoms with Crippen molar-refractivity contribution in [2.45, 2.75) is 32.9 Å². The summed E-state index contributed by atoms with van der Waals surface area (Å²) in [6.07, 6.45) is 1.98. The molecule has 2 N–H and O–H groups in total. The third-order valence-corrected chi connectivity index (χ3v) is 6.89. The number of aryl methyl sites for hydroxylation is 1. The van der Waals surface area contributed by atoms with Crippen molar-refractivity contribution in [2.24, 2.45) is 0 Å². The number of hydrogen-bond acceptors (Lipinski definition) is 6. The fourth-order valence-electron chi connectivity index (χ4n) is 4.64. The number of nitrogens with one attached hydrogen (secondary N) is 1. The molecule has 1 fully saturated rings. The molecule has 172 valence electrons.